The van der Waals surface area contributed by atoms with E-state index in [4.69, 9.17) is 23.2 Å². The highest BCUT2D eigenvalue weighted by Crippen LogP contribution is 2.32. The molecule has 0 aliphatic carbocycles. The molecule has 2 aliphatic heterocycles. The Hall–Kier alpha value is -2.97. The summed E-state index contributed by atoms with van der Waals surface area (Å²) >= 11 is 12.0. The average Bonchev–Trinajstić information content (AvgIpc) is 3.19. The number of anilines is 2. The fraction of sp³-hybridized carbons (Fsp3) is 0.211. The van der Waals surface area contributed by atoms with Crippen LogP contribution in [0.25, 0.3) is 0 Å². The Bertz CT molecular complexity index is 1040. The van der Waals surface area contributed by atoms with Gasteiger partial charge < -0.3 is 5.32 Å². The number of aryl methyl sites for hydroxylation is 1. The van der Waals surface area contributed by atoms with E-state index in [0.717, 1.165) is 10.5 Å². The number of benzene rings is 2. The Morgan fingerprint density at radius 2 is 1.83 bits per heavy atom. The van der Waals surface area contributed by atoms with Gasteiger partial charge in [0, 0.05) is 5.02 Å². The van der Waals surface area contributed by atoms with Crippen molar-refractivity contribution in [2.45, 2.75) is 19.0 Å². The van der Waals surface area contributed by atoms with Crippen molar-refractivity contribution in [1.82, 2.24) is 5.01 Å². The minimum absolute atomic E-state index is 0.248. The third-order valence-electron chi connectivity index (χ3n) is 4.65. The lowest BCUT2D eigenvalue weighted by molar-refractivity contribution is -0.123. The first-order valence-corrected chi connectivity index (χ1v) is 9.47. The van der Waals surface area contributed by atoms with Crippen molar-refractivity contribution in [1.29, 1.82) is 0 Å². The fourth-order valence-corrected chi connectivity index (χ4v) is 3.67. The maximum absolute atomic E-state index is 12.9. The van der Waals surface area contributed by atoms with Gasteiger partial charge in [0.05, 0.1) is 16.4 Å². The monoisotopic (exact) mass is 431 g/mol. The van der Waals surface area contributed by atoms with E-state index in [1.165, 1.54) is 5.01 Å². The number of imide groups is 1. The van der Waals surface area contributed by atoms with Crippen molar-refractivity contribution in [3.63, 3.8) is 0 Å². The first-order valence-electron chi connectivity index (χ1n) is 8.72. The van der Waals surface area contributed by atoms with Gasteiger partial charge >= 0.3 is 0 Å². The van der Waals surface area contributed by atoms with Gasteiger partial charge in [-0.3, -0.25) is 19.4 Å². The summed E-state index contributed by atoms with van der Waals surface area (Å²) in [6, 6.07) is 9.62. The molecule has 2 aliphatic rings. The predicted octanol–water partition coefficient (Wildman–Crippen LogP) is 3.23. The van der Waals surface area contributed by atoms with Crippen molar-refractivity contribution in [3.8, 4) is 0 Å². The van der Waals surface area contributed by atoms with Gasteiger partial charge in [-0.25, -0.2) is 4.90 Å². The Balaban J connectivity index is 1.49. The van der Waals surface area contributed by atoms with Crippen LogP contribution in [0.3, 0.4) is 0 Å². The Labute approximate surface area is 176 Å². The second-order valence-electron chi connectivity index (χ2n) is 6.71. The molecule has 0 bridgehead atoms. The lowest BCUT2D eigenvalue weighted by Gasteiger charge is -2.20. The molecule has 3 amide bonds. The standard InChI is InChI=1S/C19H15Cl2N5O3/c1-10-2-7-14(13(21)8-10)22-15(27)9-25-17-16(23-24-25)18(28)26(19(17)29)12-5-3-11(20)4-6-12/h2-8,16-17H,9H2,1H3,(H,22,27)/t16-,17+/m1/s1. The zero-order valence-electron chi connectivity index (χ0n) is 15.2. The SMILES string of the molecule is Cc1ccc(NC(=O)CN2N=N[C@H]3C(=O)N(c4ccc(Cl)cc4)C(=O)[C@H]32)c(Cl)c1. The van der Waals surface area contributed by atoms with E-state index in [1.54, 1.807) is 36.4 Å². The molecule has 4 rings (SSSR count). The van der Waals surface area contributed by atoms with Crippen LogP contribution in [0, 0.1) is 6.92 Å². The number of nitrogens with zero attached hydrogens (tertiary/aromatic N) is 4. The smallest absolute Gasteiger partial charge is 0.263 e. The van der Waals surface area contributed by atoms with Crippen molar-refractivity contribution < 1.29 is 14.4 Å². The number of nitrogens with one attached hydrogen (secondary N) is 1. The summed E-state index contributed by atoms with van der Waals surface area (Å²) in [4.78, 5) is 39.0. The summed E-state index contributed by atoms with van der Waals surface area (Å²) in [5, 5.41) is 12.5. The van der Waals surface area contributed by atoms with E-state index in [1.807, 2.05) is 13.0 Å². The predicted molar refractivity (Wildman–Crippen MR) is 108 cm³/mol. The van der Waals surface area contributed by atoms with Gasteiger partial charge in [-0.05, 0) is 48.9 Å². The summed E-state index contributed by atoms with van der Waals surface area (Å²) in [6.45, 7) is 1.64. The molecule has 2 heterocycles. The number of rotatable bonds is 4. The van der Waals surface area contributed by atoms with Gasteiger partial charge in [-0.15, -0.1) is 0 Å². The second kappa shape index (κ2) is 7.46. The molecule has 2 aromatic carbocycles. The number of hydrogen-bond donors (Lipinski definition) is 1. The van der Waals surface area contributed by atoms with Crippen LogP contribution in [0.2, 0.25) is 10.0 Å². The average molecular weight is 432 g/mol. The number of carbonyl (C=O) groups excluding carboxylic acids is 3. The molecule has 0 saturated carbocycles. The van der Waals surface area contributed by atoms with E-state index < -0.39 is 29.8 Å². The van der Waals surface area contributed by atoms with Gasteiger partial charge in [0.25, 0.3) is 11.8 Å². The van der Waals surface area contributed by atoms with Crippen LogP contribution in [-0.4, -0.2) is 41.4 Å². The Morgan fingerprint density at radius 3 is 2.52 bits per heavy atom. The maximum Gasteiger partial charge on any atom is 0.263 e. The Kier molecular flexibility index (Phi) is 4.97. The zero-order chi connectivity index (χ0) is 20.7. The quantitative estimate of drug-likeness (QED) is 0.751. The molecule has 2 atom stereocenters. The van der Waals surface area contributed by atoms with Crippen LogP contribution in [-0.2, 0) is 14.4 Å². The topological polar surface area (TPSA) is 94.4 Å². The second-order valence-corrected chi connectivity index (χ2v) is 7.56. The summed E-state index contributed by atoms with van der Waals surface area (Å²) in [7, 11) is 0. The van der Waals surface area contributed by atoms with Crippen molar-refractivity contribution in [2.75, 3.05) is 16.8 Å². The van der Waals surface area contributed by atoms with Gasteiger partial charge in [-0.2, -0.15) is 5.11 Å². The summed E-state index contributed by atoms with van der Waals surface area (Å²) in [5.41, 5.74) is 1.80. The first-order chi connectivity index (χ1) is 13.8. The molecule has 0 unspecified atom stereocenters. The minimum atomic E-state index is -0.978. The molecule has 0 aromatic heterocycles. The van der Waals surface area contributed by atoms with E-state index in [-0.39, 0.29) is 6.54 Å². The number of fused-ring (bicyclic) bond motifs is 1. The number of halogens is 2. The highest BCUT2D eigenvalue weighted by atomic mass is 35.5. The highest BCUT2D eigenvalue weighted by Gasteiger charge is 2.55. The van der Waals surface area contributed by atoms with Crippen LogP contribution < -0.4 is 10.2 Å². The van der Waals surface area contributed by atoms with Crippen molar-refractivity contribution in [2.24, 2.45) is 10.3 Å². The maximum atomic E-state index is 12.9. The van der Waals surface area contributed by atoms with Gasteiger partial charge in [0.1, 0.15) is 6.54 Å². The Morgan fingerprint density at radius 1 is 1.10 bits per heavy atom. The summed E-state index contributed by atoms with van der Waals surface area (Å²) in [6.07, 6.45) is 0. The van der Waals surface area contributed by atoms with Gasteiger partial charge in [0.15, 0.2) is 12.1 Å². The van der Waals surface area contributed by atoms with Crippen LogP contribution in [0.15, 0.2) is 52.8 Å². The lowest BCUT2D eigenvalue weighted by atomic mass is 10.1. The molecular weight excluding hydrogens is 417 g/mol. The largest absolute Gasteiger partial charge is 0.323 e. The van der Waals surface area contributed by atoms with E-state index in [2.05, 4.69) is 15.7 Å². The third kappa shape index (κ3) is 3.56. The molecule has 0 radical (unpaired) electrons. The van der Waals surface area contributed by atoms with Crippen LogP contribution in [0.1, 0.15) is 5.56 Å². The molecule has 0 spiro atoms. The molecule has 1 N–H and O–H groups in total. The van der Waals surface area contributed by atoms with E-state index in [9.17, 15) is 14.4 Å². The lowest BCUT2D eigenvalue weighted by Crippen LogP contribution is -2.43. The molecule has 29 heavy (non-hydrogen) atoms. The highest BCUT2D eigenvalue weighted by molar-refractivity contribution is 6.33. The van der Waals surface area contributed by atoms with Gasteiger partial charge in [0.2, 0.25) is 5.91 Å². The molecule has 148 valence electrons. The first kappa shape index (κ1) is 19.4. The van der Waals surface area contributed by atoms with Crippen LogP contribution in [0.4, 0.5) is 11.4 Å². The van der Waals surface area contributed by atoms with Gasteiger partial charge in [-0.1, -0.05) is 34.5 Å². The summed E-state index contributed by atoms with van der Waals surface area (Å²) in [5.74, 6) is -1.41. The van der Waals surface area contributed by atoms with E-state index in [0.29, 0.717) is 21.4 Å². The zero-order valence-corrected chi connectivity index (χ0v) is 16.7. The number of hydrogen-bond acceptors (Lipinski definition) is 6. The minimum Gasteiger partial charge on any atom is -0.323 e. The van der Waals surface area contributed by atoms with Crippen molar-refractivity contribution in [3.05, 3.63) is 58.1 Å². The fourth-order valence-electron chi connectivity index (χ4n) is 3.26. The number of amides is 3. The molecule has 2 aromatic rings. The van der Waals surface area contributed by atoms with Crippen LogP contribution >= 0.6 is 23.2 Å². The summed E-state index contributed by atoms with van der Waals surface area (Å²) < 4.78 is 0. The molecule has 1 fully saturated rings. The molecular formula is C19H15Cl2N5O3. The molecule has 8 nitrogen and oxygen atoms in total. The number of carbonyl (C=O) groups is 3. The molecule has 1 saturated heterocycles. The van der Waals surface area contributed by atoms with Crippen molar-refractivity contribution >= 4 is 52.3 Å². The van der Waals surface area contributed by atoms with E-state index >= 15 is 0 Å². The molecule has 10 heteroatoms. The third-order valence-corrected chi connectivity index (χ3v) is 5.21. The van der Waals surface area contributed by atoms with Crippen LogP contribution in [0.5, 0.6) is 0 Å². The normalized spacial score (nSPS) is 20.4.